The zero-order chi connectivity index (χ0) is 17.6. The smallest absolute Gasteiger partial charge is 0.271 e. The van der Waals surface area contributed by atoms with Gasteiger partial charge in [-0.3, -0.25) is 4.79 Å². The number of nitrogens with two attached hydrogens (primary N) is 1. The van der Waals surface area contributed by atoms with Crippen molar-refractivity contribution in [3.05, 3.63) is 11.9 Å². The van der Waals surface area contributed by atoms with Gasteiger partial charge in [0.1, 0.15) is 5.82 Å². The quantitative estimate of drug-likeness (QED) is 0.874. The molecular weight excluding hydrogens is 314 g/mol. The number of piperidine rings is 1. The number of carbonyl (C=O) groups is 1. The lowest BCUT2D eigenvalue weighted by molar-refractivity contribution is 0.0996. The van der Waals surface area contributed by atoms with Gasteiger partial charge in [0.2, 0.25) is 0 Å². The molecule has 0 spiro atoms. The fraction of sp³-hybridized carbons (Fsp3) is 0.737. The lowest BCUT2D eigenvalue weighted by Crippen LogP contribution is -2.31. The van der Waals surface area contributed by atoms with E-state index in [0.717, 1.165) is 37.7 Å². The highest BCUT2D eigenvalue weighted by Gasteiger charge is 2.21. The van der Waals surface area contributed by atoms with E-state index in [1.165, 1.54) is 44.9 Å². The largest absolute Gasteiger partial charge is 0.365 e. The van der Waals surface area contributed by atoms with Crippen LogP contribution in [0.3, 0.4) is 0 Å². The number of nitrogens with one attached hydrogen (secondary N) is 1. The van der Waals surface area contributed by atoms with Gasteiger partial charge in [0.15, 0.2) is 11.5 Å². The van der Waals surface area contributed by atoms with E-state index in [9.17, 15) is 4.79 Å². The molecule has 1 aromatic rings. The van der Waals surface area contributed by atoms with Crippen molar-refractivity contribution in [2.75, 3.05) is 23.3 Å². The summed E-state index contributed by atoms with van der Waals surface area (Å²) in [5.74, 6) is 1.73. The Morgan fingerprint density at radius 3 is 2.44 bits per heavy atom. The van der Waals surface area contributed by atoms with E-state index in [2.05, 4.69) is 22.1 Å². The van der Waals surface area contributed by atoms with Crippen molar-refractivity contribution in [1.29, 1.82) is 0 Å². The molecule has 3 rings (SSSR count). The SMILES string of the molecule is CC1CCCC(Nc2nc(N3CCCCC3)cnc2C(N)=O)CCC1. The number of anilines is 2. The summed E-state index contributed by atoms with van der Waals surface area (Å²) in [6, 6.07) is 0.344. The van der Waals surface area contributed by atoms with E-state index in [1.54, 1.807) is 6.20 Å². The number of carbonyl (C=O) groups excluding carboxylic acids is 1. The number of hydrogen-bond acceptors (Lipinski definition) is 5. The second kappa shape index (κ2) is 8.50. The minimum absolute atomic E-state index is 0.260. The van der Waals surface area contributed by atoms with Crippen LogP contribution in [0.4, 0.5) is 11.6 Å². The van der Waals surface area contributed by atoms with Gasteiger partial charge in [0.25, 0.3) is 5.91 Å². The van der Waals surface area contributed by atoms with E-state index in [-0.39, 0.29) is 5.69 Å². The molecule has 0 radical (unpaired) electrons. The van der Waals surface area contributed by atoms with Crippen LogP contribution in [-0.4, -0.2) is 35.0 Å². The van der Waals surface area contributed by atoms with Gasteiger partial charge >= 0.3 is 0 Å². The lowest BCUT2D eigenvalue weighted by Gasteiger charge is -2.29. The fourth-order valence-electron chi connectivity index (χ4n) is 3.99. The summed E-state index contributed by atoms with van der Waals surface area (Å²) in [6.45, 7) is 4.35. The van der Waals surface area contributed by atoms with E-state index in [0.29, 0.717) is 11.9 Å². The molecule has 0 aromatic carbocycles. The minimum atomic E-state index is -0.514. The highest BCUT2D eigenvalue weighted by Crippen LogP contribution is 2.26. The van der Waals surface area contributed by atoms with Gasteiger partial charge in [-0.2, -0.15) is 0 Å². The number of aromatic nitrogens is 2. The van der Waals surface area contributed by atoms with Gasteiger partial charge in [0, 0.05) is 19.1 Å². The standard InChI is InChI=1S/C19H31N5O/c1-14-7-5-9-15(10-6-8-14)22-19-17(18(20)25)21-13-16(23-19)24-11-3-2-4-12-24/h13-15H,2-12H2,1H3,(H2,20,25)(H,22,23). The first kappa shape index (κ1) is 18.0. The summed E-state index contributed by atoms with van der Waals surface area (Å²) in [6.07, 6.45) is 12.5. The molecular formula is C19H31N5O. The lowest BCUT2D eigenvalue weighted by atomic mass is 9.90. The molecule has 1 saturated carbocycles. The maximum Gasteiger partial charge on any atom is 0.271 e. The maximum absolute atomic E-state index is 11.8. The average Bonchev–Trinajstić information content (AvgIpc) is 2.60. The third kappa shape index (κ3) is 4.83. The number of hydrogen-bond donors (Lipinski definition) is 2. The number of rotatable bonds is 4. The summed E-state index contributed by atoms with van der Waals surface area (Å²) in [5.41, 5.74) is 5.79. The van der Waals surface area contributed by atoms with Gasteiger partial charge < -0.3 is 16.0 Å². The molecule has 1 aliphatic heterocycles. The van der Waals surface area contributed by atoms with Crippen molar-refractivity contribution in [2.24, 2.45) is 11.7 Å². The van der Waals surface area contributed by atoms with Crippen molar-refractivity contribution in [3.63, 3.8) is 0 Å². The Morgan fingerprint density at radius 2 is 1.80 bits per heavy atom. The molecule has 0 unspecified atom stereocenters. The molecule has 2 aliphatic rings. The average molecular weight is 345 g/mol. The molecule has 0 atom stereocenters. The maximum atomic E-state index is 11.8. The van der Waals surface area contributed by atoms with Crippen LogP contribution < -0.4 is 16.0 Å². The first-order valence-corrected chi connectivity index (χ1v) is 9.82. The van der Waals surface area contributed by atoms with Crippen molar-refractivity contribution in [2.45, 2.75) is 70.8 Å². The molecule has 1 amide bonds. The highest BCUT2D eigenvalue weighted by atomic mass is 16.1. The van der Waals surface area contributed by atoms with E-state index in [1.807, 2.05) is 0 Å². The van der Waals surface area contributed by atoms with Crippen LogP contribution in [0.1, 0.15) is 75.2 Å². The normalized spacial score (nSPS) is 25.1. The van der Waals surface area contributed by atoms with Crippen LogP contribution in [0.25, 0.3) is 0 Å². The topological polar surface area (TPSA) is 84.1 Å². The van der Waals surface area contributed by atoms with E-state index < -0.39 is 5.91 Å². The Labute approximate surface area is 150 Å². The van der Waals surface area contributed by atoms with Crippen LogP contribution in [0.15, 0.2) is 6.20 Å². The van der Waals surface area contributed by atoms with Gasteiger partial charge in [-0.1, -0.05) is 32.6 Å². The molecule has 6 heteroatoms. The molecule has 2 heterocycles. The fourth-order valence-corrected chi connectivity index (χ4v) is 3.99. The Balaban J connectivity index is 1.76. The van der Waals surface area contributed by atoms with Crippen LogP contribution in [0, 0.1) is 5.92 Å². The zero-order valence-electron chi connectivity index (χ0n) is 15.3. The molecule has 1 aliphatic carbocycles. The van der Waals surface area contributed by atoms with Crippen LogP contribution in [0.5, 0.6) is 0 Å². The summed E-state index contributed by atoms with van der Waals surface area (Å²) < 4.78 is 0. The molecule has 138 valence electrons. The molecule has 1 saturated heterocycles. The van der Waals surface area contributed by atoms with Crippen LogP contribution in [0.2, 0.25) is 0 Å². The molecule has 6 nitrogen and oxygen atoms in total. The Bertz CT molecular complexity index is 575. The monoisotopic (exact) mass is 345 g/mol. The van der Waals surface area contributed by atoms with E-state index in [4.69, 9.17) is 10.7 Å². The van der Waals surface area contributed by atoms with Gasteiger partial charge in [-0.15, -0.1) is 0 Å². The van der Waals surface area contributed by atoms with Crippen molar-refractivity contribution in [3.8, 4) is 0 Å². The molecule has 25 heavy (non-hydrogen) atoms. The van der Waals surface area contributed by atoms with Crippen molar-refractivity contribution >= 4 is 17.5 Å². The van der Waals surface area contributed by atoms with Crippen molar-refractivity contribution in [1.82, 2.24) is 9.97 Å². The molecule has 0 bridgehead atoms. The van der Waals surface area contributed by atoms with Crippen LogP contribution in [-0.2, 0) is 0 Å². The molecule has 2 fully saturated rings. The van der Waals surface area contributed by atoms with Gasteiger partial charge in [-0.05, 0) is 38.0 Å². The first-order valence-electron chi connectivity index (χ1n) is 9.82. The molecule has 1 aromatic heterocycles. The number of primary amides is 1. The summed E-state index contributed by atoms with van der Waals surface area (Å²) in [7, 11) is 0. The van der Waals surface area contributed by atoms with Crippen LogP contribution >= 0.6 is 0 Å². The minimum Gasteiger partial charge on any atom is -0.365 e. The third-order valence-corrected chi connectivity index (χ3v) is 5.51. The summed E-state index contributed by atoms with van der Waals surface area (Å²) in [5, 5.41) is 3.49. The Kier molecular flexibility index (Phi) is 6.10. The van der Waals surface area contributed by atoms with Crippen molar-refractivity contribution < 1.29 is 4.79 Å². The Morgan fingerprint density at radius 1 is 1.12 bits per heavy atom. The second-order valence-corrected chi connectivity index (χ2v) is 7.65. The predicted molar refractivity (Wildman–Crippen MR) is 101 cm³/mol. The predicted octanol–water partition coefficient (Wildman–Crippen LogP) is 3.34. The summed E-state index contributed by atoms with van der Waals surface area (Å²) >= 11 is 0. The number of nitrogens with zero attached hydrogens (tertiary/aromatic N) is 3. The van der Waals surface area contributed by atoms with Gasteiger partial charge in [0.05, 0.1) is 6.20 Å². The van der Waals surface area contributed by atoms with E-state index >= 15 is 0 Å². The summed E-state index contributed by atoms with van der Waals surface area (Å²) in [4.78, 5) is 23.1. The second-order valence-electron chi connectivity index (χ2n) is 7.65. The number of amides is 1. The highest BCUT2D eigenvalue weighted by molar-refractivity contribution is 5.95. The Hall–Kier alpha value is -1.85. The zero-order valence-corrected chi connectivity index (χ0v) is 15.3. The van der Waals surface area contributed by atoms with Gasteiger partial charge in [-0.25, -0.2) is 9.97 Å². The third-order valence-electron chi connectivity index (χ3n) is 5.51. The molecule has 3 N–H and O–H groups in total. The first-order chi connectivity index (χ1) is 12.1.